The largest absolute Gasteiger partial charge is 0.396 e. The van der Waals surface area contributed by atoms with Gasteiger partial charge >= 0.3 is 0 Å². The van der Waals surface area contributed by atoms with Crippen molar-refractivity contribution >= 4 is 0 Å². The van der Waals surface area contributed by atoms with Crippen molar-refractivity contribution in [3.8, 4) is 0 Å². The van der Waals surface area contributed by atoms with E-state index in [4.69, 9.17) is 9.47 Å². The first kappa shape index (κ1) is 18.1. The molecule has 0 aliphatic heterocycles. The van der Waals surface area contributed by atoms with E-state index in [1.807, 2.05) is 36.4 Å². The first-order valence-corrected chi connectivity index (χ1v) is 9.21. The van der Waals surface area contributed by atoms with E-state index in [-0.39, 0.29) is 6.61 Å². The van der Waals surface area contributed by atoms with Gasteiger partial charge in [0, 0.05) is 6.61 Å². The molecule has 2 aromatic carbocycles. The van der Waals surface area contributed by atoms with E-state index in [0.717, 1.165) is 19.4 Å². The van der Waals surface area contributed by atoms with Gasteiger partial charge in [0.25, 0.3) is 0 Å². The number of rotatable bonds is 9. The summed E-state index contributed by atoms with van der Waals surface area (Å²) < 4.78 is 11.9. The number of aliphatic hydroxyl groups is 1. The van der Waals surface area contributed by atoms with Crippen molar-refractivity contribution in [1.82, 2.24) is 0 Å². The fraction of sp³-hybridized carbons (Fsp3) is 0.455. The molecular weight excluding hydrogens is 312 g/mol. The number of hydrogen-bond donors (Lipinski definition) is 1. The van der Waals surface area contributed by atoms with Crippen LogP contribution in [0.5, 0.6) is 0 Å². The fourth-order valence-electron chi connectivity index (χ4n) is 3.74. The molecule has 1 N–H and O–H groups in total. The van der Waals surface area contributed by atoms with Gasteiger partial charge in [0.2, 0.25) is 0 Å². The maximum Gasteiger partial charge on any atom is 0.0717 e. The van der Waals surface area contributed by atoms with Crippen LogP contribution in [0.15, 0.2) is 60.7 Å². The van der Waals surface area contributed by atoms with E-state index in [1.165, 1.54) is 11.1 Å². The summed E-state index contributed by atoms with van der Waals surface area (Å²) in [6.45, 7) is 2.96. The van der Waals surface area contributed by atoms with Crippen LogP contribution in [0.25, 0.3) is 0 Å². The zero-order valence-electron chi connectivity index (χ0n) is 14.7. The second-order valence-corrected chi connectivity index (χ2v) is 6.95. The van der Waals surface area contributed by atoms with Gasteiger partial charge in [-0.2, -0.15) is 0 Å². The Kier molecular flexibility index (Phi) is 7.04. The molecular formula is C22H28O3. The molecule has 0 radical (unpaired) electrons. The van der Waals surface area contributed by atoms with E-state index < -0.39 is 0 Å². The zero-order chi connectivity index (χ0) is 17.3. The molecule has 0 aromatic heterocycles. The van der Waals surface area contributed by atoms with Crippen LogP contribution in [-0.2, 0) is 22.7 Å². The van der Waals surface area contributed by atoms with Crippen LogP contribution in [0.3, 0.4) is 0 Å². The highest BCUT2D eigenvalue weighted by Crippen LogP contribution is 2.37. The Hall–Kier alpha value is -1.68. The molecule has 3 heteroatoms. The van der Waals surface area contributed by atoms with Crippen LogP contribution < -0.4 is 0 Å². The maximum absolute atomic E-state index is 9.68. The maximum atomic E-state index is 9.68. The van der Waals surface area contributed by atoms with Gasteiger partial charge in [-0.1, -0.05) is 60.7 Å². The lowest BCUT2D eigenvalue weighted by Gasteiger charge is -2.24. The summed E-state index contributed by atoms with van der Waals surface area (Å²) in [7, 11) is 0. The Morgan fingerprint density at radius 3 is 1.80 bits per heavy atom. The average molecular weight is 340 g/mol. The number of benzene rings is 2. The van der Waals surface area contributed by atoms with Crippen molar-refractivity contribution in [2.45, 2.75) is 26.1 Å². The van der Waals surface area contributed by atoms with Gasteiger partial charge in [-0.3, -0.25) is 0 Å². The van der Waals surface area contributed by atoms with Crippen molar-refractivity contribution in [1.29, 1.82) is 0 Å². The Morgan fingerprint density at radius 2 is 1.24 bits per heavy atom. The third kappa shape index (κ3) is 5.40. The second-order valence-electron chi connectivity index (χ2n) is 6.95. The van der Waals surface area contributed by atoms with Crippen LogP contribution >= 0.6 is 0 Å². The van der Waals surface area contributed by atoms with Crippen molar-refractivity contribution in [2.24, 2.45) is 17.8 Å². The van der Waals surface area contributed by atoms with Crippen LogP contribution in [0, 0.1) is 17.8 Å². The summed E-state index contributed by atoms with van der Waals surface area (Å²) in [4.78, 5) is 0. The molecule has 0 saturated heterocycles. The smallest absolute Gasteiger partial charge is 0.0717 e. The SMILES string of the molecule is OC[C@@H]1CC[C@H](COCc2ccccc2)[C@H]1COCc1ccccc1. The molecule has 134 valence electrons. The van der Waals surface area contributed by atoms with Gasteiger partial charge in [0.05, 0.1) is 26.4 Å². The first-order chi connectivity index (χ1) is 12.4. The predicted molar refractivity (Wildman–Crippen MR) is 99.0 cm³/mol. The van der Waals surface area contributed by atoms with E-state index >= 15 is 0 Å². The van der Waals surface area contributed by atoms with Gasteiger partial charge in [0.1, 0.15) is 0 Å². The van der Waals surface area contributed by atoms with Crippen LogP contribution in [0.2, 0.25) is 0 Å². The standard InChI is InChI=1S/C22H28O3/c23-13-20-11-12-21(16-24-14-18-7-3-1-4-8-18)22(20)17-25-15-19-9-5-2-6-10-19/h1-10,20-23H,11-17H2/t20-,21+,22-/m0/s1. The molecule has 0 heterocycles. The van der Waals surface area contributed by atoms with E-state index in [0.29, 0.717) is 37.6 Å². The predicted octanol–water partition coefficient (Wildman–Crippen LogP) is 4.05. The normalized spacial score (nSPS) is 23.0. The molecule has 3 atom stereocenters. The molecule has 0 spiro atoms. The van der Waals surface area contributed by atoms with Gasteiger partial charge in [0.15, 0.2) is 0 Å². The minimum absolute atomic E-state index is 0.245. The summed E-state index contributed by atoms with van der Waals surface area (Å²) in [5.74, 6) is 1.18. The molecule has 1 saturated carbocycles. The van der Waals surface area contributed by atoms with Crippen molar-refractivity contribution < 1.29 is 14.6 Å². The Bertz CT molecular complexity index is 599. The lowest BCUT2D eigenvalue weighted by molar-refractivity contribution is 0.0135. The molecule has 3 nitrogen and oxygen atoms in total. The third-order valence-electron chi connectivity index (χ3n) is 5.22. The van der Waals surface area contributed by atoms with Crippen molar-refractivity contribution in [2.75, 3.05) is 19.8 Å². The van der Waals surface area contributed by atoms with Crippen LogP contribution in [-0.4, -0.2) is 24.9 Å². The summed E-state index contributed by atoms with van der Waals surface area (Å²) in [6.07, 6.45) is 2.18. The minimum atomic E-state index is 0.245. The highest BCUT2D eigenvalue weighted by atomic mass is 16.5. The topological polar surface area (TPSA) is 38.7 Å². The molecule has 0 unspecified atom stereocenters. The highest BCUT2D eigenvalue weighted by Gasteiger charge is 2.35. The summed E-state index contributed by atoms with van der Waals surface area (Å²) in [6, 6.07) is 20.5. The number of hydrogen-bond acceptors (Lipinski definition) is 3. The molecule has 0 bridgehead atoms. The molecule has 25 heavy (non-hydrogen) atoms. The number of aliphatic hydroxyl groups excluding tert-OH is 1. The first-order valence-electron chi connectivity index (χ1n) is 9.21. The Labute approximate surface area is 150 Å². The van der Waals surface area contributed by atoms with Gasteiger partial charge in [-0.25, -0.2) is 0 Å². The second kappa shape index (κ2) is 9.71. The highest BCUT2D eigenvalue weighted by molar-refractivity contribution is 5.14. The van der Waals surface area contributed by atoms with E-state index in [1.54, 1.807) is 0 Å². The quantitative estimate of drug-likeness (QED) is 0.748. The minimum Gasteiger partial charge on any atom is -0.396 e. The van der Waals surface area contributed by atoms with Crippen LogP contribution in [0.4, 0.5) is 0 Å². The van der Waals surface area contributed by atoms with E-state index in [2.05, 4.69) is 24.3 Å². The van der Waals surface area contributed by atoms with Gasteiger partial charge in [-0.15, -0.1) is 0 Å². The Morgan fingerprint density at radius 1 is 0.720 bits per heavy atom. The van der Waals surface area contributed by atoms with Gasteiger partial charge in [-0.05, 0) is 41.7 Å². The molecule has 0 amide bonds. The average Bonchev–Trinajstić information content (AvgIpc) is 3.05. The van der Waals surface area contributed by atoms with Gasteiger partial charge < -0.3 is 14.6 Å². The summed E-state index contributed by atoms with van der Waals surface area (Å²) in [5.41, 5.74) is 2.40. The fourth-order valence-corrected chi connectivity index (χ4v) is 3.74. The summed E-state index contributed by atoms with van der Waals surface area (Å²) >= 11 is 0. The Balaban J connectivity index is 1.46. The van der Waals surface area contributed by atoms with Crippen LogP contribution in [0.1, 0.15) is 24.0 Å². The molecule has 2 aromatic rings. The van der Waals surface area contributed by atoms with Crippen molar-refractivity contribution in [3.63, 3.8) is 0 Å². The third-order valence-corrected chi connectivity index (χ3v) is 5.22. The number of ether oxygens (including phenoxy) is 2. The molecule has 1 aliphatic rings. The lowest BCUT2D eigenvalue weighted by Crippen LogP contribution is -2.26. The molecule has 3 rings (SSSR count). The zero-order valence-corrected chi connectivity index (χ0v) is 14.7. The molecule has 1 aliphatic carbocycles. The molecule has 1 fully saturated rings. The monoisotopic (exact) mass is 340 g/mol. The lowest BCUT2D eigenvalue weighted by atomic mass is 9.91. The van der Waals surface area contributed by atoms with E-state index in [9.17, 15) is 5.11 Å². The van der Waals surface area contributed by atoms with Crippen molar-refractivity contribution in [3.05, 3.63) is 71.8 Å². The summed E-state index contributed by atoms with van der Waals surface area (Å²) in [5, 5.41) is 9.68.